The highest BCUT2D eigenvalue weighted by Gasteiger charge is 2.76. The van der Waals surface area contributed by atoms with Crippen molar-refractivity contribution in [2.24, 2.45) is 29.4 Å². The van der Waals surface area contributed by atoms with E-state index in [1.165, 1.54) is 44.6 Å². The average Bonchev–Trinajstić information content (AvgIpc) is 3.41. The number of benzene rings is 2. The highest BCUT2D eigenvalue weighted by atomic mass is 35.5. The van der Waals surface area contributed by atoms with Crippen LogP contribution in [0.5, 0.6) is 17.2 Å². The summed E-state index contributed by atoms with van der Waals surface area (Å²) in [5, 5.41) is 10.3. The molecule has 0 bridgehead atoms. The summed E-state index contributed by atoms with van der Waals surface area (Å²) < 4.78 is 83.1. The highest BCUT2D eigenvalue weighted by molar-refractivity contribution is 6.58. The molecule has 0 radical (unpaired) electrons. The van der Waals surface area contributed by atoms with Gasteiger partial charge in [-0.05, 0) is 36.5 Å². The number of ether oxygens (including phenoxy) is 2. The molecule has 2 aliphatic carbocycles. The number of carbonyl (C=O) groups excluding carboxylic acids is 5. The van der Waals surface area contributed by atoms with Crippen molar-refractivity contribution in [3.05, 3.63) is 64.5 Å². The molecule has 49 heavy (non-hydrogen) atoms. The van der Waals surface area contributed by atoms with E-state index in [9.17, 15) is 42.3 Å². The Morgan fingerprint density at radius 3 is 2.00 bits per heavy atom. The van der Waals surface area contributed by atoms with Gasteiger partial charge in [0.15, 0.2) is 44.5 Å². The quantitative estimate of drug-likeness (QED) is 0.115. The van der Waals surface area contributed by atoms with Gasteiger partial charge in [0.1, 0.15) is 5.69 Å². The minimum absolute atomic E-state index is 0.0567. The third-order valence-electron chi connectivity index (χ3n) is 9.48. The van der Waals surface area contributed by atoms with E-state index in [1.807, 2.05) is 0 Å². The number of nitrogens with zero attached hydrogens (tertiary/aromatic N) is 2. The maximum atomic E-state index is 15.1. The van der Waals surface area contributed by atoms with Crippen molar-refractivity contribution < 1.29 is 60.5 Å². The average molecular weight is 730 g/mol. The van der Waals surface area contributed by atoms with Gasteiger partial charge in [-0.2, -0.15) is 4.90 Å². The molecule has 6 atom stereocenters. The first-order valence-corrected chi connectivity index (χ1v) is 15.0. The first-order chi connectivity index (χ1) is 23.0. The van der Waals surface area contributed by atoms with Gasteiger partial charge in [-0.1, -0.05) is 23.8 Å². The summed E-state index contributed by atoms with van der Waals surface area (Å²) in [6, 6.07) is 1.30. The molecule has 258 valence electrons. The van der Waals surface area contributed by atoms with Crippen LogP contribution >= 0.6 is 23.2 Å². The number of rotatable bonds is 5. The molecule has 3 N–H and O–H groups in total. The second kappa shape index (κ2) is 11.4. The molecule has 11 nitrogen and oxygen atoms in total. The predicted octanol–water partition coefficient (Wildman–Crippen LogP) is 4.29. The number of primary amides is 1. The van der Waals surface area contributed by atoms with Crippen LogP contribution in [0, 0.1) is 52.8 Å². The van der Waals surface area contributed by atoms with Gasteiger partial charge in [0.2, 0.25) is 23.4 Å². The van der Waals surface area contributed by atoms with Gasteiger partial charge in [-0.15, -0.1) is 23.2 Å². The second-order valence-electron chi connectivity index (χ2n) is 11.7. The maximum absolute atomic E-state index is 15.1. The number of allylic oxidation sites excluding steroid dienone is 3. The molecule has 2 aliphatic heterocycles. The zero-order chi connectivity index (χ0) is 36.1. The summed E-state index contributed by atoms with van der Waals surface area (Å²) in [5.41, 5.74) is 3.75. The Morgan fingerprint density at radius 1 is 0.918 bits per heavy atom. The molecule has 0 unspecified atom stereocenters. The van der Waals surface area contributed by atoms with Gasteiger partial charge in [0.25, 0.3) is 11.8 Å². The number of nitrogens with two attached hydrogens (primary N) is 1. The van der Waals surface area contributed by atoms with Crippen molar-refractivity contribution in [1.29, 1.82) is 0 Å². The van der Waals surface area contributed by atoms with E-state index in [1.54, 1.807) is 0 Å². The van der Waals surface area contributed by atoms with E-state index in [2.05, 4.69) is 0 Å². The Morgan fingerprint density at radius 2 is 1.47 bits per heavy atom. The van der Waals surface area contributed by atoms with Gasteiger partial charge >= 0.3 is 6.03 Å². The fraction of sp³-hybridized carbons (Fsp3) is 0.323. The molecule has 2 heterocycles. The minimum atomic E-state index is -2.74. The summed E-state index contributed by atoms with van der Waals surface area (Å²) in [6.07, 6.45) is 3.07. The molecule has 6 amide bonds. The summed E-state index contributed by atoms with van der Waals surface area (Å²) in [4.78, 5) is 61.3. The molecular weight excluding hydrogens is 708 g/mol. The van der Waals surface area contributed by atoms with Crippen molar-refractivity contribution in [1.82, 2.24) is 4.90 Å². The van der Waals surface area contributed by atoms with Gasteiger partial charge in [0.05, 0.1) is 26.1 Å². The maximum Gasteiger partial charge on any atom is 0.328 e. The zero-order valence-corrected chi connectivity index (χ0v) is 26.5. The number of anilines is 1. The van der Waals surface area contributed by atoms with Crippen molar-refractivity contribution >= 4 is 64.6 Å². The Hall–Kier alpha value is -4.70. The van der Waals surface area contributed by atoms with Crippen LogP contribution in [0.25, 0.3) is 6.08 Å². The summed E-state index contributed by atoms with van der Waals surface area (Å²) in [5.74, 6) is -23.6. The zero-order valence-electron chi connectivity index (χ0n) is 25.0. The third-order valence-corrected chi connectivity index (χ3v) is 10.9. The minimum Gasteiger partial charge on any atom is -0.502 e. The fourth-order valence-corrected chi connectivity index (χ4v) is 8.14. The van der Waals surface area contributed by atoms with E-state index >= 15 is 8.78 Å². The van der Waals surface area contributed by atoms with Crippen LogP contribution in [-0.2, 0) is 19.2 Å². The number of phenolic OH excluding ortho intramolecular Hbond substituents is 1. The van der Waals surface area contributed by atoms with Crippen molar-refractivity contribution in [3.63, 3.8) is 0 Å². The number of phenols is 1. The third kappa shape index (κ3) is 4.42. The molecular formula is C31H22Cl2F5N3O8. The molecule has 6 rings (SSSR count). The summed E-state index contributed by atoms with van der Waals surface area (Å²) in [6.45, 7) is 0. The lowest BCUT2D eigenvalue weighted by Gasteiger charge is -2.49. The monoisotopic (exact) mass is 729 g/mol. The Labute approximate surface area is 282 Å². The van der Waals surface area contributed by atoms with Gasteiger partial charge in [0, 0.05) is 5.92 Å². The predicted molar refractivity (Wildman–Crippen MR) is 159 cm³/mol. The number of amides is 6. The number of methoxy groups -OCH3 is 2. The van der Waals surface area contributed by atoms with Crippen LogP contribution in [0.3, 0.4) is 0 Å². The highest BCUT2D eigenvalue weighted by Crippen LogP contribution is 2.64. The van der Waals surface area contributed by atoms with Gasteiger partial charge < -0.3 is 20.3 Å². The number of aromatic hydroxyl groups is 1. The number of fused-ring (bicyclic) bond motifs is 4. The van der Waals surface area contributed by atoms with Crippen LogP contribution in [0.4, 0.5) is 32.4 Å². The lowest BCUT2D eigenvalue weighted by atomic mass is 9.57. The first kappa shape index (κ1) is 34.2. The van der Waals surface area contributed by atoms with Crippen LogP contribution in [0.15, 0.2) is 29.9 Å². The van der Waals surface area contributed by atoms with Crippen LogP contribution in [0.2, 0.25) is 0 Å². The Bertz CT molecular complexity index is 1920. The molecule has 0 aromatic heterocycles. The smallest absolute Gasteiger partial charge is 0.328 e. The normalized spacial score (nSPS) is 29.3. The second-order valence-corrected chi connectivity index (χ2v) is 13.0. The molecule has 18 heteroatoms. The largest absolute Gasteiger partial charge is 0.502 e. The topological polar surface area (TPSA) is 157 Å². The first-order valence-electron chi connectivity index (χ1n) is 14.3. The summed E-state index contributed by atoms with van der Waals surface area (Å²) >= 11 is 14.0. The van der Waals surface area contributed by atoms with Crippen LogP contribution < -0.4 is 20.1 Å². The molecule has 2 saturated heterocycles. The van der Waals surface area contributed by atoms with Crippen molar-refractivity contribution in [3.8, 4) is 17.2 Å². The molecule has 4 aliphatic rings. The Kier molecular flexibility index (Phi) is 7.98. The molecule has 3 fully saturated rings. The van der Waals surface area contributed by atoms with E-state index in [0.29, 0.717) is 0 Å². The fourth-order valence-electron chi connectivity index (χ4n) is 7.25. The number of hydrogen-bond donors (Lipinski definition) is 2. The van der Waals surface area contributed by atoms with Crippen LogP contribution in [-0.4, -0.2) is 63.6 Å². The number of urea groups is 1. The number of imide groups is 4. The Balaban J connectivity index is 1.57. The molecule has 2 aromatic carbocycles. The van der Waals surface area contributed by atoms with Crippen LogP contribution in [0.1, 0.15) is 18.4 Å². The standard InChI is InChI=1S/C31H22Cl2F5N3O8/c1-48-15-7-10(8-16(49-2)24(15)42)3-6-14-11-4-5-12-17(26(44)41(25(12)43)29(39)47)13(11)9-30(32)27(45)40(28(46)31(14,30)33)23-21(37)19(35)18(34)20(36)22(23)38/h3-4,6-8,12-14,17,42H,5,9H2,1-2H3,(H2,39,47)/t12-,13+,14-,17-,30+,31-/m0/s1. The van der Waals surface area contributed by atoms with E-state index in [-0.39, 0.29) is 44.6 Å². The lowest BCUT2D eigenvalue weighted by molar-refractivity contribution is -0.136. The van der Waals surface area contributed by atoms with Gasteiger partial charge in [-0.3, -0.25) is 19.2 Å². The number of alkyl halides is 2. The number of hydrogen-bond acceptors (Lipinski definition) is 8. The number of halogens is 7. The van der Waals surface area contributed by atoms with Crippen molar-refractivity contribution in [2.45, 2.75) is 22.6 Å². The van der Waals surface area contributed by atoms with Crippen molar-refractivity contribution in [2.75, 3.05) is 19.1 Å². The number of carbonyl (C=O) groups is 5. The SMILES string of the molecule is COc1cc(C=C[C@H]2C3=CC[C@@H]4C(=O)N(C(N)=O)C(=O)[C@@H]4[C@@H]3C[C@@]3(Cl)C(=O)N(c4c(F)c(F)c(F)c(F)c4F)C(=O)[C@@]23Cl)cc(OC)c1O. The lowest BCUT2D eigenvalue weighted by Crippen LogP contribution is -2.60. The van der Waals surface area contributed by atoms with E-state index < -0.39 is 104 Å². The van der Waals surface area contributed by atoms with E-state index in [0.717, 1.165) is 0 Å². The number of likely N-dealkylation sites (tertiary alicyclic amines) is 1. The van der Waals surface area contributed by atoms with Gasteiger partial charge in [-0.25, -0.2) is 31.6 Å². The van der Waals surface area contributed by atoms with E-state index in [4.69, 9.17) is 38.4 Å². The molecule has 1 saturated carbocycles. The molecule has 0 spiro atoms. The molecule has 2 aromatic rings. The summed E-state index contributed by atoms with van der Waals surface area (Å²) in [7, 11) is 2.50.